The Morgan fingerprint density at radius 3 is 2.20 bits per heavy atom. The third-order valence-corrected chi connectivity index (χ3v) is 2.52. The molecule has 0 fully saturated rings. The molecule has 0 radical (unpaired) electrons. The van der Waals surface area contributed by atoms with E-state index in [1.54, 1.807) is 0 Å². The topological polar surface area (TPSA) is 18.5 Å². The minimum Gasteiger partial charge on any atom is -0.315 e. The molecular formula is C12H29N3. The van der Waals surface area contributed by atoms with E-state index in [0.717, 1.165) is 13.1 Å². The van der Waals surface area contributed by atoms with Crippen LogP contribution in [-0.2, 0) is 0 Å². The van der Waals surface area contributed by atoms with Gasteiger partial charge in [-0.2, -0.15) is 0 Å². The average Bonchev–Trinajstić information content (AvgIpc) is 2.19. The van der Waals surface area contributed by atoms with Crippen molar-refractivity contribution in [3.05, 3.63) is 0 Å². The van der Waals surface area contributed by atoms with Gasteiger partial charge in [0.1, 0.15) is 0 Å². The normalized spacial score (nSPS) is 11.6. The van der Waals surface area contributed by atoms with Crippen molar-refractivity contribution >= 4 is 0 Å². The minimum absolute atomic E-state index is 1.12. The van der Waals surface area contributed by atoms with Gasteiger partial charge in [-0.3, -0.25) is 0 Å². The molecular weight excluding hydrogens is 186 g/mol. The molecule has 3 heteroatoms. The van der Waals surface area contributed by atoms with Gasteiger partial charge in [0.05, 0.1) is 0 Å². The van der Waals surface area contributed by atoms with Crippen LogP contribution < -0.4 is 5.32 Å². The molecule has 0 bridgehead atoms. The summed E-state index contributed by atoms with van der Waals surface area (Å²) in [6, 6.07) is 0. The maximum atomic E-state index is 3.48. The van der Waals surface area contributed by atoms with Gasteiger partial charge in [0.15, 0.2) is 0 Å². The summed E-state index contributed by atoms with van der Waals surface area (Å²) in [5.41, 5.74) is 0. The second-order valence-electron chi connectivity index (χ2n) is 4.56. The van der Waals surface area contributed by atoms with Crippen molar-refractivity contribution in [2.75, 3.05) is 53.9 Å². The van der Waals surface area contributed by atoms with E-state index in [4.69, 9.17) is 0 Å². The molecule has 0 aliphatic rings. The van der Waals surface area contributed by atoms with Crippen LogP contribution in [0.25, 0.3) is 0 Å². The summed E-state index contributed by atoms with van der Waals surface area (Å²) in [7, 11) is 6.45. The Bertz CT molecular complexity index is 126. The summed E-state index contributed by atoms with van der Waals surface area (Å²) in [5, 5.41) is 3.48. The molecule has 0 aliphatic carbocycles. The Morgan fingerprint density at radius 2 is 1.60 bits per heavy atom. The molecule has 0 spiro atoms. The van der Waals surface area contributed by atoms with Crippen molar-refractivity contribution in [1.29, 1.82) is 0 Å². The van der Waals surface area contributed by atoms with Crippen LogP contribution in [0.3, 0.4) is 0 Å². The second kappa shape index (κ2) is 10.4. The molecule has 0 saturated heterocycles. The first-order valence-electron chi connectivity index (χ1n) is 6.20. The highest BCUT2D eigenvalue weighted by atomic mass is 15.1. The first-order valence-corrected chi connectivity index (χ1v) is 6.20. The molecule has 0 aromatic rings. The Labute approximate surface area is 95.8 Å². The van der Waals surface area contributed by atoms with Gasteiger partial charge < -0.3 is 15.1 Å². The Hall–Kier alpha value is -0.120. The third-order valence-electron chi connectivity index (χ3n) is 2.52. The zero-order valence-corrected chi connectivity index (χ0v) is 11.1. The van der Waals surface area contributed by atoms with Gasteiger partial charge in [0.25, 0.3) is 0 Å². The fraction of sp³-hybridized carbons (Fsp3) is 1.00. The van der Waals surface area contributed by atoms with Crippen LogP contribution in [0.2, 0.25) is 0 Å². The monoisotopic (exact) mass is 215 g/mol. The maximum Gasteiger partial charge on any atom is 0.0104 e. The van der Waals surface area contributed by atoms with E-state index in [1.165, 1.54) is 38.9 Å². The van der Waals surface area contributed by atoms with Gasteiger partial charge in [-0.25, -0.2) is 0 Å². The predicted octanol–water partition coefficient (Wildman–Crippen LogP) is 1.26. The standard InChI is InChI=1S/C12H29N3/c1-5-6-11-15(4)12-9-13-8-7-10-14(2)3/h13H,5-12H2,1-4H3. The number of unbranched alkanes of at least 4 members (excludes halogenated alkanes) is 1. The van der Waals surface area contributed by atoms with E-state index in [0.29, 0.717) is 0 Å². The van der Waals surface area contributed by atoms with Crippen molar-refractivity contribution in [3.8, 4) is 0 Å². The van der Waals surface area contributed by atoms with Gasteiger partial charge >= 0.3 is 0 Å². The van der Waals surface area contributed by atoms with E-state index < -0.39 is 0 Å². The molecule has 0 atom stereocenters. The van der Waals surface area contributed by atoms with E-state index in [1.807, 2.05) is 0 Å². The van der Waals surface area contributed by atoms with Crippen molar-refractivity contribution in [1.82, 2.24) is 15.1 Å². The maximum absolute atomic E-state index is 3.48. The number of hydrogen-bond donors (Lipinski definition) is 1. The summed E-state index contributed by atoms with van der Waals surface area (Å²) in [6.07, 6.45) is 3.85. The zero-order chi connectivity index (χ0) is 11.5. The highest BCUT2D eigenvalue weighted by Crippen LogP contribution is 1.90. The van der Waals surface area contributed by atoms with Gasteiger partial charge in [-0.05, 0) is 53.6 Å². The summed E-state index contributed by atoms with van der Waals surface area (Å²) in [5.74, 6) is 0. The third kappa shape index (κ3) is 11.8. The average molecular weight is 215 g/mol. The summed E-state index contributed by atoms with van der Waals surface area (Å²) in [6.45, 7) is 8.08. The lowest BCUT2D eigenvalue weighted by Gasteiger charge is -2.16. The number of hydrogen-bond acceptors (Lipinski definition) is 3. The lowest BCUT2D eigenvalue weighted by Crippen LogP contribution is -2.31. The molecule has 0 aromatic carbocycles. The molecule has 0 rings (SSSR count). The first kappa shape index (κ1) is 14.9. The number of likely N-dealkylation sites (N-methyl/N-ethyl adjacent to an activating group) is 1. The van der Waals surface area contributed by atoms with Crippen LogP contribution in [0.1, 0.15) is 26.2 Å². The van der Waals surface area contributed by atoms with Crippen LogP contribution in [0, 0.1) is 0 Å². The van der Waals surface area contributed by atoms with Gasteiger partial charge in [0.2, 0.25) is 0 Å². The van der Waals surface area contributed by atoms with E-state index >= 15 is 0 Å². The van der Waals surface area contributed by atoms with E-state index in [9.17, 15) is 0 Å². The summed E-state index contributed by atoms with van der Waals surface area (Å²) < 4.78 is 0. The van der Waals surface area contributed by atoms with Crippen molar-refractivity contribution < 1.29 is 0 Å². The fourth-order valence-electron chi connectivity index (χ4n) is 1.46. The molecule has 92 valence electrons. The molecule has 1 N–H and O–H groups in total. The molecule has 0 amide bonds. The quantitative estimate of drug-likeness (QED) is 0.554. The first-order chi connectivity index (χ1) is 7.16. The number of rotatable bonds is 10. The van der Waals surface area contributed by atoms with Crippen LogP contribution in [-0.4, -0.2) is 63.7 Å². The lowest BCUT2D eigenvalue weighted by atomic mass is 10.3. The van der Waals surface area contributed by atoms with Gasteiger partial charge in [-0.1, -0.05) is 13.3 Å². The highest BCUT2D eigenvalue weighted by molar-refractivity contribution is 4.55. The van der Waals surface area contributed by atoms with E-state index in [-0.39, 0.29) is 0 Å². The number of nitrogens with zero attached hydrogens (tertiary/aromatic N) is 2. The molecule has 0 aliphatic heterocycles. The van der Waals surface area contributed by atoms with Crippen LogP contribution in [0.5, 0.6) is 0 Å². The van der Waals surface area contributed by atoms with Crippen molar-refractivity contribution in [2.45, 2.75) is 26.2 Å². The predicted molar refractivity (Wildman–Crippen MR) is 68.4 cm³/mol. The van der Waals surface area contributed by atoms with Gasteiger partial charge in [0, 0.05) is 13.1 Å². The minimum atomic E-state index is 1.12. The molecule has 15 heavy (non-hydrogen) atoms. The van der Waals surface area contributed by atoms with Crippen molar-refractivity contribution in [2.24, 2.45) is 0 Å². The Kier molecular flexibility index (Phi) is 10.3. The lowest BCUT2D eigenvalue weighted by molar-refractivity contribution is 0.323. The van der Waals surface area contributed by atoms with Crippen LogP contribution in [0.4, 0.5) is 0 Å². The molecule has 0 aromatic heterocycles. The fourth-order valence-corrected chi connectivity index (χ4v) is 1.46. The molecule has 0 unspecified atom stereocenters. The zero-order valence-electron chi connectivity index (χ0n) is 11.1. The summed E-state index contributed by atoms with van der Waals surface area (Å²) >= 11 is 0. The smallest absolute Gasteiger partial charge is 0.0104 e. The highest BCUT2D eigenvalue weighted by Gasteiger charge is 1.96. The summed E-state index contributed by atoms with van der Waals surface area (Å²) in [4.78, 5) is 4.64. The van der Waals surface area contributed by atoms with E-state index in [2.05, 4.69) is 43.2 Å². The molecule has 3 nitrogen and oxygen atoms in total. The van der Waals surface area contributed by atoms with Crippen LogP contribution >= 0.6 is 0 Å². The Morgan fingerprint density at radius 1 is 0.867 bits per heavy atom. The molecule has 0 saturated carbocycles. The second-order valence-corrected chi connectivity index (χ2v) is 4.56. The molecule has 0 heterocycles. The Balaban J connectivity index is 3.09. The van der Waals surface area contributed by atoms with Crippen LogP contribution in [0.15, 0.2) is 0 Å². The largest absolute Gasteiger partial charge is 0.315 e. The number of nitrogens with one attached hydrogen (secondary N) is 1. The van der Waals surface area contributed by atoms with Gasteiger partial charge in [-0.15, -0.1) is 0 Å². The SMILES string of the molecule is CCCCN(C)CCNCCCN(C)C. The van der Waals surface area contributed by atoms with Crippen molar-refractivity contribution in [3.63, 3.8) is 0 Å².